The zero-order valence-electron chi connectivity index (χ0n) is 14.5. The molecule has 0 fully saturated rings. The van der Waals surface area contributed by atoms with Gasteiger partial charge in [0.1, 0.15) is 5.76 Å². The largest absolute Gasteiger partial charge is 0.361 e. The molecule has 3 aromatic heterocycles. The Kier molecular flexibility index (Phi) is 6.73. The molecule has 0 aliphatic heterocycles. The number of aliphatic imine (C=N–C) groups is 1. The van der Waals surface area contributed by atoms with E-state index in [0.717, 1.165) is 47.4 Å². The molecule has 0 aliphatic rings. The van der Waals surface area contributed by atoms with Crippen LogP contribution in [-0.2, 0) is 13.0 Å². The summed E-state index contributed by atoms with van der Waals surface area (Å²) in [7, 11) is 1.74. The standard InChI is InChI=1S/C16H21N7O.HI/c1-11-13(12(2)24-22-11)7-8-18-16(17-3)19-10-15-21-20-14-6-4-5-9-23(14)15;/h4-6,9H,7-8,10H2,1-3H3,(H2,17,18,19);1H. The van der Waals surface area contributed by atoms with Crippen LogP contribution in [0, 0.1) is 13.8 Å². The van der Waals surface area contributed by atoms with Crippen molar-refractivity contribution >= 4 is 35.6 Å². The predicted molar refractivity (Wildman–Crippen MR) is 106 cm³/mol. The average Bonchev–Trinajstić information content (AvgIpc) is 3.15. The fraction of sp³-hybridized carbons (Fsp3) is 0.375. The molecule has 0 bridgehead atoms. The Bertz CT molecular complexity index is 836. The first-order valence-electron chi connectivity index (χ1n) is 7.84. The molecule has 0 spiro atoms. The van der Waals surface area contributed by atoms with Crippen molar-refractivity contribution in [2.24, 2.45) is 4.99 Å². The smallest absolute Gasteiger partial charge is 0.191 e. The van der Waals surface area contributed by atoms with E-state index in [9.17, 15) is 0 Å². The van der Waals surface area contributed by atoms with Crippen molar-refractivity contribution in [2.45, 2.75) is 26.8 Å². The summed E-state index contributed by atoms with van der Waals surface area (Å²) in [6, 6.07) is 5.82. The van der Waals surface area contributed by atoms with Crippen LogP contribution in [0.25, 0.3) is 5.65 Å². The van der Waals surface area contributed by atoms with Crippen molar-refractivity contribution < 1.29 is 4.52 Å². The lowest BCUT2D eigenvalue weighted by Crippen LogP contribution is -2.38. The van der Waals surface area contributed by atoms with E-state index in [-0.39, 0.29) is 24.0 Å². The summed E-state index contributed by atoms with van der Waals surface area (Å²) in [5.41, 5.74) is 2.91. The lowest BCUT2D eigenvalue weighted by atomic mass is 10.1. The summed E-state index contributed by atoms with van der Waals surface area (Å²) in [5, 5.41) is 18.8. The quantitative estimate of drug-likeness (QED) is 0.347. The van der Waals surface area contributed by atoms with E-state index in [4.69, 9.17) is 4.52 Å². The monoisotopic (exact) mass is 455 g/mol. The number of guanidine groups is 1. The van der Waals surface area contributed by atoms with Crippen molar-refractivity contribution in [1.82, 2.24) is 30.4 Å². The third-order valence-electron chi connectivity index (χ3n) is 3.87. The number of aryl methyl sites for hydroxylation is 2. The van der Waals surface area contributed by atoms with Crippen LogP contribution in [0.2, 0.25) is 0 Å². The van der Waals surface area contributed by atoms with E-state index in [0.29, 0.717) is 6.54 Å². The Balaban J connectivity index is 0.00000225. The van der Waals surface area contributed by atoms with Crippen LogP contribution in [0.1, 0.15) is 22.8 Å². The second kappa shape index (κ2) is 8.79. The number of nitrogens with one attached hydrogen (secondary N) is 2. The van der Waals surface area contributed by atoms with E-state index in [2.05, 4.69) is 31.0 Å². The molecular weight excluding hydrogens is 433 g/mol. The molecule has 0 radical (unpaired) electrons. The van der Waals surface area contributed by atoms with Gasteiger partial charge in [0.15, 0.2) is 17.4 Å². The second-order valence-corrected chi connectivity index (χ2v) is 5.45. The molecule has 8 nitrogen and oxygen atoms in total. The van der Waals surface area contributed by atoms with E-state index in [1.165, 1.54) is 0 Å². The number of hydrogen-bond donors (Lipinski definition) is 2. The fourth-order valence-electron chi connectivity index (χ4n) is 2.56. The molecule has 0 aromatic carbocycles. The third kappa shape index (κ3) is 4.47. The maximum Gasteiger partial charge on any atom is 0.191 e. The molecule has 0 unspecified atom stereocenters. The van der Waals surface area contributed by atoms with Crippen LogP contribution in [0.5, 0.6) is 0 Å². The van der Waals surface area contributed by atoms with E-state index >= 15 is 0 Å². The summed E-state index contributed by atoms with van der Waals surface area (Å²) in [6.07, 6.45) is 2.77. The normalized spacial score (nSPS) is 11.4. The number of nitrogens with zero attached hydrogens (tertiary/aromatic N) is 5. The molecule has 0 aliphatic carbocycles. The summed E-state index contributed by atoms with van der Waals surface area (Å²) in [6.45, 7) is 5.16. The highest BCUT2D eigenvalue weighted by Gasteiger charge is 2.09. The van der Waals surface area contributed by atoms with Crippen LogP contribution < -0.4 is 10.6 Å². The van der Waals surface area contributed by atoms with Crippen LogP contribution in [0.15, 0.2) is 33.9 Å². The first-order chi connectivity index (χ1) is 11.7. The minimum atomic E-state index is 0. The summed E-state index contributed by atoms with van der Waals surface area (Å²) >= 11 is 0. The number of rotatable bonds is 5. The van der Waals surface area contributed by atoms with Gasteiger partial charge in [-0.3, -0.25) is 9.39 Å². The van der Waals surface area contributed by atoms with Crippen molar-refractivity contribution in [3.8, 4) is 0 Å². The minimum absolute atomic E-state index is 0. The Hall–Kier alpha value is -2.17. The number of fused-ring (bicyclic) bond motifs is 1. The van der Waals surface area contributed by atoms with Gasteiger partial charge >= 0.3 is 0 Å². The molecule has 134 valence electrons. The zero-order valence-corrected chi connectivity index (χ0v) is 16.8. The molecule has 3 rings (SSSR count). The van der Waals surface area contributed by atoms with Gasteiger partial charge in [-0.05, 0) is 32.4 Å². The highest BCUT2D eigenvalue weighted by atomic mass is 127. The maximum absolute atomic E-state index is 5.17. The molecule has 0 amide bonds. The van der Waals surface area contributed by atoms with Crippen LogP contribution >= 0.6 is 24.0 Å². The molecule has 3 aromatic rings. The van der Waals surface area contributed by atoms with Gasteiger partial charge < -0.3 is 15.2 Å². The first kappa shape index (κ1) is 19.2. The van der Waals surface area contributed by atoms with Crippen molar-refractivity contribution in [3.05, 3.63) is 47.2 Å². The van der Waals surface area contributed by atoms with Crippen LogP contribution in [0.4, 0.5) is 0 Å². The Morgan fingerprint density at radius 3 is 2.80 bits per heavy atom. The molecule has 25 heavy (non-hydrogen) atoms. The minimum Gasteiger partial charge on any atom is -0.361 e. The van der Waals surface area contributed by atoms with E-state index < -0.39 is 0 Å². The molecular formula is C16H22IN7O. The average molecular weight is 455 g/mol. The summed E-state index contributed by atoms with van der Waals surface area (Å²) in [4.78, 5) is 4.23. The van der Waals surface area contributed by atoms with Crippen molar-refractivity contribution in [2.75, 3.05) is 13.6 Å². The highest BCUT2D eigenvalue weighted by molar-refractivity contribution is 14.0. The van der Waals surface area contributed by atoms with E-state index in [1.54, 1.807) is 7.05 Å². The van der Waals surface area contributed by atoms with Gasteiger partial charge in [0.05, 0.1) is 12.2 Å². The molecule has 0 atom stereocenters. The molecule has 0 saturated carbocycles. The van der Waals surface area contributed by atoms with Gasteiger partial charge in [0.2, 0.25) is 0 Å². The van der Waals surface area contributed by atoms with E-state index in [1.807, 2.05) is 42.6 Å². The maximum atomic E-state index is 5.17. The number of halogens is 1. The predicted octanol–water partition coefficient (Wildman–Crippen LogP) is 1.86. The molecule has 2 N–H and O–H groups in total. The fourth-order valence-corrected chi connectivity index (χ4v) is 2.56. The van der Waals surface area contributed by atoms with Crippen LogP contribution in [0.3, 0.4) is 0 Å². The lowest BCUT2D eigenvalue weighted by molar-refractivity contribution is 0.392. The third-order valence-corrected chi connectivity index (χ3v) is 3.87. The van der Waals surface area contributed by atoms with Gasteiger partial charge in [0.25, 0.3) is 0 Å². The molecule has 9 heteroatoms. The molecule has 0 saturated heterocycles. The Labute approximate surface area is 163 Å². The number of aromatic nitrogens is 4. The summed E-state index contributed by atoms with van der Waals surface area (Å²) in [5.74, 6) is 2.42. The first-order valence-corrected chi connectivity index (χ1v) is 7.84. The lowest BCUT2D eigenvalue weighted by Gasteiger charge is -2.11. The summed E-state index contributed by atoms with van der Waals surface area (Å²) < 4.78 is 7.12. The Morgan fingerprint density at radius 1 is 1.24 bits per heavy atom. The van der Waals surface area contributed by atoms with Gasteiger partial charge in [-0.1, -0.05) is 11.2 Å². The molecule has 3 heterocycles. The SMILES string of the molecule is CN=C(NCCc1c(C)noc1C)NCc1nnc2ccccn12.I. The number of pyridine rings is 1. The number of hydrogen-bond acceptors (Lipinski definition) is 5. The van der Waals surface area contributed by atoms with Gasteiger partial charge in [-0.15, -0.1) is 34.2 Å². The topological polar surface area (TPSA) is 92.6 Å². The van der Waals surface area contributed by atoms with Gasteiger partial charge in [-0.25, -0.2) is 0 Å². The Morgan fingerprint density at radius 2 is 2.08 bits per heavy atom. The van der Waals surface area contributed by atoms with Crippen LogP contribution in [-0.4, -0.2) is 39.3 Å². The zero-order chi connectivity index (χ0) is 16.9. The van der Waals surface area contributed by atoms with Crippen molar-refractivity contribution in [1.29, 1.82) is 0 Å². The van der Waals surface area contributed by atoms with Gasteiger partial charge in [0, 0.05) is 25.4 Å². The van der Waals surface area contributed by atoms with Gasteiger partial charge in [-0.2, -0.15) is 0 Å². The second-order valence-electron chi connectivity index (χ2n) is 5.45. The van der Waals surface area contributed by atoms with Crippen molar-refractivity contribution in [3.63, 3.8) is 0 Å². The highest BCUT2D eigenvalue weighted by Crippen LogP contribution is 2.12.